The number of hydrogen-bond acceptors (Lipinski definition) is 2. The summed E-state index contributed by atoms with van der Waals surface area (Å²) in [6, 6.07) is 5.93. The van der Waals surface area contributed by atoms with Gasteiger partial charge < -0.3 is 5.73 Å². The molecule has 2 nitrogen and oxygen atoms in total. The Hall–Kier alpha value is -1.22. The third-order valence-corrected chi connectivity index (χ3v) is 2.68. The molecule has 0 bridgehead atoms. The van der Waals surface area contributed by atoms with Crippen molar-refractivity contribution < 1.29 is 9.18 Å². The van der Waals surface area contributed by atoms with Crippen LogP contribution in [0.4, 0.5) is 4.39 Å². The van der Waals surface area contributed by atoms with Gasteiger partial charge in [0.1, 0.15) is 11.6 Å². The smallest absolute Gasteiger partial charge is 0.138 e. The molecule has 0 radical (unpaired) electrons. The van der Waals surface area contributed by atoms with Crippen LogP contribution in [-0.2, 0) is 11.2 Å². The van der Waals surface area contributed by atoms with Crippen molar-refractivity contribution in [3.05, 3.63) is 35.6 Å². The second-order valence-electron chi connectivity index (χ2n) is 6.07. The highest BCUT2D eigenvalue weighted by Crippen LogP contribution is 2.21. The van der Waals surface area contributed by atoms with Crippen molar-refractivity contribution in [2.24, 2.45) is 11.1 Å². The van der Waals surface area contributed by atoms with Crippen LogP contribution in [0.15, 0.2) is 24.3 Å². The molecular formula is C15H22FNO. The van der Waals surface area contributed by atoms with Gasteiger partial charge in [-0.1, -0.05) is 32.9 Å². The first-order valence-electron chi connectivity index (χ1n) is 6.28. The first-order valence-corrected chi connectivity index (χ1v) is 6.28. The maximum Gasteiger partial charge on any atom is 0.138 e. The molecule has 0 amide bonds. The summed E-state index contributed by atoms with van der Waals surface area (Å²) in [6.45, 7) is 6.33. The Bertz CT molecular complexity index is 392. The van der Waals surface area contributed by atoms with Crippen LogP contribution >= 0.6 is 0 Å². The number of carbonyl (C=O) groups excluding carboxylic acids is 1. The SMILES string of the molecule is CC(C)(C)CC(N)CC(=O)Cc1ccc(F)cc1. The van der Waals surface area contributed by atoms with Crippen LogP contribution in [0.25, 0.3) is 0 Å². The summed E-state index contributed by atoms with van der Waals surface area (Å²) in [6.07, 6.45) is 1.54. The highest BCUT2D eigenvalue weighted by atomic mass is 19.1. The summed E-state index contributed by atoms with van der Waals surface area (Å²) < 4.78 is 12.7. The Labute approximate surface area is 108 Å². The van der Waals surface area contributed by atoms with Crippen LogP contribution in [0, 0.1) is 11.2 Å². The molecule has 18 heavy (non-hydrogen) atoms. The third kappa shape index (κ3) is 5.92. The van der Waals surface area contributed by atoms with Gasteiger partial charge in [0.15, 0.2) is 0 Å². The Morgan fingerprint density at radius 2 is 1.83 bits per heavy atom. The molecule has 0 aliphatic heterocycles. The van der Waals surface area contributed by atoms with Gasteiger partial charge in [-0.25, -0.2) is 4.39 Å². The number of Topliss-reactive ketones (excluding diaryl/α,β-unsaturated/α-hetero) is 1. The van der Waals surface area contributed by atoms with Gasteiger partial charge in [-0.05, 0) is 29.5 Å². The van der Waals surface area contributed by atoms with E-state index < -0.39 is 0 Å². The Morgan fingerprint density at radius 3 is 2.33 bits per heavy atom. The highest BCUT2D eigenvalue weighted by molar-refractivity contribution is 5.81. The minimum absolute atomic E-state index is 0.0991. The molecule has 1 aromatic carbocycles. The van der Waals surface area contributed by atoms with Crippen molar-refractivity contribution in [1.29, 1.82) is 0 Å². The molecule has 2 N–H and O–H groups in total. The van der Waals surface area contributed by atoms with E-state index in [-0.39, 0.29) is 23.1 Å². The molecule has 1 rings (SSSR count). The topological polar surface area (TPSA) is 43.1 Å². The van der Waals surface area contributed by atoms with E-state index in [1.807, 2.05) is 0 Å². The highest BCUT2D eigenvalue weighted by Gasteiger charge is 2.18. The maximum absolute atomic E-state index is 12.7. The quantitative estimate of drug-likeness (QED) is 0.873. The molecule has 0 saturated carbocycles. The van der Waals surface area contributed by atoms with Crippen LogP contribution in [-0.4, -0.2) is 11.8 Å². The third-order valence-electron chi connectivity index (χ3n) is 2.68. The molecule has 0 fully saturated rings. The van der Waals surface area contributed by atoms with Gasteiger partial charge in [-0.2, -0.15) is 0 Å². The number of rotatable bonds is 5. The number of ketones is 1. The number of benzene rings is 1. The zero-order valence-corrected chi connectivity index (χ0v) is 11.4. The van der Waals surface area contributed by atoms with Crippen LogP contribution in [0.1, 0.15) is 39.2 Å². The molecule has 0 spiro atoms. The molecular weight excluding hydrogens is 229 g/mol. The monoisotopic (exact) mass is 251 g/mol. The van der Waals surface area contributed by atoms with Gasteiger partial charge in [-0.15, -0.1) is 0 Å². The average Bonchev–Trinajstić information content (AvgIpc) is 2.18. The standard InChI is InChI=1S/C15H22FNO/c1-15(2,3)10-13(17)9-14(18)8-11-4-6-12(16)7-5-11/h4-7,13H,8-10,17H2,1-3H3. The summed E-state index contributed by atoms with van der Waals surface area (Å²) in [7, 11) is 0. The summed E-state index contributed by atoms with van der Waals surface area (Å²) in [5.74, 6) is -0.172. The second-order valence-corrected chi connectivity index (χ2v) is 6.07. The normalized spacial score (nSPS) is 13.4. The van der Waals surface area contributed by atoms with E-state index in [1.165, 1.54) is 12.1 Å². The Morgan fingerprint density at radius 1 is 1.28 bits per heavy atom. The van der Waals surface area contributed by atoms with E-state index in [1.54, 1.807) is 12.1 Å². The van der Waals surface area contributed by atoms with Crippen molar-refractivity contribution in [2.45, 2.75) is 46.1 Å². The summed E-state index contributed by atoms with van der Waals surface area (Å²) in [4.78, 5) is 11.8. The number of carbonyl (C=O) groups is 1. The number of halogens is 1. The molecule has 3 heteroatoms. The fourth-order valence-electron chi connectivity index (χ4n) is 2.05. The van der Waals surface area contributed by atoms with E-state index in [2.05, 4.69) is 20.8 Å². The van der Waals surface area contributed by atoms with Crippen molar-refractivity contribution in [3.8, 4) is 0 Å². The van der Waals surface area contributed by atoms with Gasteiger partial charge in [0.2, 0.25) is 0 Å². The average molecular weight is 251 g/mol. The van der Waals surface area contributed by atoms with Crippen molar-refractivity contribution in [2.75, 3.05) is 0 Å². The molecule has 100 valence electrons. The van der Waals surface area contributed by atoms with E-state index in [4.69, 9.17) is 5.73 Å². The molecule has 0 saturated heterocycles. The Balaban J connectivity index is 2.44. The molecule has 0 aliphatic carbocycles. The zero-order chi connectivity index (χ0) is 13.8. The predicted molar refractivity (Wildman–Crippen MR) is 71.8 cm³/mol. The summed E-state index contributed by atoms with van der Waals surface area (Å²) in [5, 5.41) is 0. The lowest BCUT2D eigenvalue weighted by molar-refractivity contribution is -0.118. The zero-order valence-electron chi connectivity index (χ0n) is 11.4. The van der Waals surface area contributed by atoms with Gasteiger partial charge in [-0.3, -0.25) is 4.79 Å². The minimum Gasteiger partial charge on any atom is -0.327 e. The summed E-state index contributed by atoms with van der Waals surface area (Å²) in [5.41, 5.74) is 6.93. The van der Waals surface area contributed by atoms with E-state index in [0.717, 1.165) is 12.0 Å². The maximum atomic E-state index is 12.7. The fraction of sp³-hybridized carbons (Fsp3) is 0.533. The number of hydrogen-bond donors (Lipinski definition) is 1. The van der Waals surface area contributed by atoms with Crippen LogP contribution in [0.2, 0.25) is 0 Å². The van der Waals surface area contributed by atoms with Crippen molar-refractivity contribution >= 4 is 5.78 Å². The van der Waals surface area contributed by atoms with Crippen LogP contribution in [0.5, 0.6) is 0 Å². The molecule has 0 aliphatic rings. The van der Waals surface area contributed by atoms with Gasteiger partial charge in [0, 0.05) is 18.9 Å². The molecule has 0 aromatic heterocycles. The predicted octanol–water partition coefficient (Wildman–Crippen LogP) is 3.09. The fourth-order valence-corrected chi connectivity index (χ4v) is 2.05. The summed E-state index contributed by atoms with van der Waals surface area (Å²) >= 11 is 0. The second kappa shape index (κ2) is 6.10. The lowest BCUT2D eigenvalue weighted by atomic mass is 9.86. The lowest BCUT2D eigenvalue weighted by Crippen LogP contribution is -2.29. The van der Waals surface area contributed by atoms with Gasteiger partial charge in [0.05, 0.1) is 0 Å². The molecule has 1 aromatic rings. The van der Waals surface area contributed by atoms with Gasteiger partial charge in [0.25, 0.3) is 0 Å². The first-order chi connectivity index (χ1) is 8.26. The molecule has 1 atom stereocenters. The van der Waals surface area contributed by atoms with Gasteiger partial charge >= 0.3 is 0 Å². The molecule has 1 unspecified atom stereocenters. The van der Waals surface area contributed by atoms with Crippen molar-refractivity contribution in [3.63, 3.8) is 0 Å². The number of nitrogens with two attached hydrogens (primary N) is 1. The van der Waals surface area contributed by atoms with Crippen molar-refractivity contribution in [1.82, 2.24) is 0 Å². The Kier molecular flexibility index (Phi) is 5.03. The largest absolute Gasteiger partial charge is 0.327 e. The minimum atomic E-state index is -0.282. The molecule has 0 heterocycles. The van der Waals surface area contributed by atoms with E-state index in [9.17, 15) is 9.18 Å². The first kappa shape index (κ1) is 14.8. The lowest BCUT2D eigenvalue weighted by Gasteiger charge is -2.22. The van der Waals surface area contributed by atoms with Crippen LogP contribution < -0.4 is 5.73 Å². The van der Waals surface area contributed by atoms with Crippen LogP contribution in [0.3, 0.4) is 0 Å². The van der Waals surface area contributed by atoms with E-state index >= 15 is 0 Å². The van der Waals surface area contributed by atoms with E-state index in [0.29, 0.717) is 12.8 Å².